The van der Waals surface area contributed by atoms with Crippen molar-refractivity contribution in [2.75, 3.05) is 12.3 Å². The predicted molar refractivity (Wildman–Crippen MR) is 74.1 cm³/mol. The minimum Gasteiger partial charge on any atom is -0.330 e. The molecule has 2 N–H and O–H groups in total. The van der Waals surface area contributed by atoms with Gasteiger partial charge >= 0.3 is 0 Å². The molecule has 1 aromatic rings. The summed E-state index contributed by atoms with van der Waals surface area (Å²) < 4.78 is 0. The zero-order valence-electron chi connectivity index (χ0n) is 10.8. The lowest BCUT2D eigenvalue weighted by molar-refractivity contribution is 0.368. The van der Waals surface area contributed by atoms with Crippen molar-refractivity contribution in [1.29, 1.82) is 0 Å². The molecule has 0 fully saturated rings. The molecule has 1 rings (SSSR count). The van der Waals surface area contributed by atoms with Crippen molar-refractivity contribution in [3.63, 3.8) is 0 Å². The molecule has 2 heteroatoms. The molecule has 1 nitrogen and oxygen atoms in total. The summed E-state index contributed by atoms with van der Waals surface area (Å²) in [6.07, 6.45) is 1.17. The van der Waals surface area contributed by atoms with E-state index < -0.39 is 0 Å². The quantitative estimate of drug-likeness (QED) is 0.789. The highest BCUT2D eigenvalue weighted by Gasteiger charge is 2.15. The van der Waals surface area contributed by atoms with Gasteiger partial charge in [-0.2, -0.15) is 0 Å². The second kappa shape index (κ2) is 5.74. The molecule has 0 radical (unpaired) electrons. The van der Waals surface area contributed by atoms with E-state index in [0.29, 0.717) is 0 Å². The van der Waals surface area contributed by atoms with Crippen LogP contribution in [0, 0.1) is 19.3 Å². The van der Waals surface area contributed by atoms with Gasteiger partial charge in [0, 0.05) is 4.90 Å². The average molecular weight is 237 g/mol. The first-order valence-corrected chi connectivity index (χ1v) is 6.83. The highest BCUT2D eigenvalue weighted by molar-refractivity contribution is 7.99. The van der Waals surface area contributed by atoms with E-state index in [0.717, 1.165) is 12.3 Å². The van der Waals surface area contributed by atoms with E-state index >= 15 is 0 Å². The SMILES string of the molecule is Cc1ccc(SCCC(C)(C)CN)c(C)c1. The van der Waals surface area contributed by atoms with Gasteiger partial charge in [-0.25, -0.2) is 0 Å². The van der Waals surface area contributed by atoms with E-state index in [-0.39, 0.29) is 5.41 Å². The Kier molecular flexibility index (Phi) is 4.88. The molecule has 0 saturated carbocycles. The van der Waals surface area contributed by atoms with Crippen molar-refractivity contribution in [2.45, 2.75) is 39.0 Å². The van der Waals surface area contributed by atoms with Gasteiger partial charge in [0.15, 0.2) is 0 Å². The molecule has 16 heavy (non-hydrogen) atoms. The molecule has 0 saturated heterocycles. The van der Waals surface area contributed by atoms with Gasteiger partial charge in [-0.05, 0) is 49.6 Å². The van der Waals surface area contributed by atoms with Crippen LogP contribution in [0.25, 0.3) is 0 Å². The normalized spacial score (nSPS) is 11.8. The van der Waals surface area contributed by atoms with Crippen LogP contribution in [0.5, 0.6) is 0 Å². The van der Waals surface area contributed by atoms with E-state index in [1.807, 2.05) is 11.8 Å². The van der Waals surface area contributed by atoms with Gasteiger partial charge in [0.25, 0.3) is 0 Å². The number of benzene rings is 1. The molecule has 0 aliphatic carbocycles. The molecule has 0 heterocycles. The van der Waals surface area contributed by atoms with Crippen molar-refractivity contribution in [1.82, 2.24) is 0 Å². The zero-order chi connectivity index (χ0) is 12.2. The largest absolute Gasteiger partial charge is 0.330 e. The molecular weight excluding hydrogens is 214 g/mol. The smallest absolute Gasteiger partial charge is 0.0101 e. The fraction of sp³-hybridized carbons (Fsp3) is 0.571. The third-order valence-electron chi connectivity index (χ3n) is 2.92. The fourth-order valence-electron chi connectivity index (χ4n) is 1.50. The first-order valence-electron chi connectivity index (χ1n) is 5.85. The van der Waals surface area contributed by atoms with Crippen molar-refractivity contribution in [3.05, 3.63) is 29.3 Å². The maximum atomic E-state index is 5.73. The number of hydrogen-bond donors (Lipinski definition) is 1. The van der Waals surface area contributed by atoms with Crippen molar-refractivity contribution in [2.24, 2.45) is 11.1 Å². The van der Waals surface area contributed by atoms with Gasteiger partial charge < -0.3 is 5.73 Å². The molecule has 90 valence electrons. The molecule has 0 spiro atoms. The van der Waals surface area contributed by atoms with E-state index in [1.54, 1.807) is 0 Å². The summed E-state index contributed by atoms with van der Waals surface area (Å²) in [4.78, 5) is 1.40. The molecule has 0 atom stereocenters. The lowest BCUT2D eigenvalue weighted by Gasteiger charge is -2.21. The van der Waals surface area contributed by atoms with Crippen LogP contribution in [0.15, 0.2) is 23.1 Å². The Morgan fingerprint density at radius 2 is 1.94 bits per heavy atom. The Hall–Kier alpha value is -0.470. The van der Waals surface area contributed by atoms with E-state index in [2.05, 4.69) is 45.9 Å². The summed E-state index contributed by atoms with van der Waals surface area (Å²) in [5.41, 5.74) is 8.72. The van der Waals surface area contributed by atoms with Crippen molar-refractivity contribution >= 4 is 11.8 Å². The maximum Gasteiger partial charge on any atom is 0.0101 e. The topological polar surface area (TPSA) is 26.0 Å². The second-order valence-corrected chi connectivity index (χ2v) is 6.37. The number of hydrogen-bond acceptors (Lipinski definition) is 2. The fourth-order valence-corrected chi connectivity index (χ4v) is 2.83. The van der Waals surface area contributed by atoms with E-state index in [4.69, 9.17) is 5.73 Å². The summed E-state index contributed by atoms with van der Waals surface area (Å²) in [5.74, 6) is 1.15. The van der Waals surface area contributed by atoms with Crippen LogP contribution >= 0.6 is 11.8 Å². The van der Waals surface area contributed by atoms with Crippen LogP contribution in [0.3, 0.4) is 0 Å². The van der Waals surface area contributed by atoms with Crippen LogP contribution in [-0.2, 0) is 0 Å². The number of thioether (sulfide) groups is 1. The van der Waals surface area contributed by atoms with Gasteiger partial charge in [-0.3, -0.25) is 0 Å². The Balaban J connectivity index is 2.49. The number of rotatable bonds is 5. The summed E-state index contributed by atoms with van der Waals surface area (Å²) in [7, 11) is 0. The number of aryl methyl sites for hydroxylation is 2. The van der Waals surface area contributed by atoms with E-state index in [9.17, 15) is 0 Å². The molecule has 1 aromatic carbocycles. The molecule has 0 amide bonds. The first kappa shape index (κ1) is 13.6. The van der Waals surface area contributed by atoms with Crippen molar-refractivity contribution < 1.29 is 0 Å². The summed E-state index contributed by atoms with van der Waals surface area (Å²) in [6.45, 7) is 9.55. The monoisotopic (exact) mass is 237 g/mol. The lowest BCUT2D eigenvalue weighted by atomic mass is 9.91. The molecule has 0 aliphatic heterocycles. The van der Waals surface area contributed by atoms with Crippen LogP contribution in [-0.4, -0.2) is 12.3 Å². The molecule has 0 bridgehead atoms. The standard InChI is InChI=1S/C14H23NS/c1-11-5-6-13(12(2)9-11)16-8-7-14(3,4)10-15/h5-6,9H,7-8,10,15H2,1-4H3. The Morgan fingerprint density at radius 3 is 2.50 bits per heavy atom. The maximum absolute atomic E-state index is 5.73. The number of nitrogens with two attached hydrogens (primary N) is 1. The van der Waals surface area contributed by atoms with Crippen LogP contribution in [0.2, 0.25) is 0 Å². The Bertz CT molecular complexity index is 345. The Morgan fingerprint density at radius 1 is 1.25 bits per heavy atom. The minimum absolute atomic E-state index is 0.269. The molecule has 0 aliphatic rings. The molecular formula is C14H23NS. The Labute approximate surface area is 104 Å². The predicted octanol–water partition coefficient (Wildman–Crippen LogP) is 3.77. The van der Waals surface area contributed by atoms with Gasteiger partial charge in [0.05, 0.1) is 0 Å². The van der Waals surface area contributed by atoms with Gasteiger partial charge in [0.2, 0.25) is 0 Å². The van der Waals surface area contributed by atoms with Crippen molar-refractivity contribution in [3.8, 4) is 0 Å². The van der Waals surface area contributed by atoms with Crippen LogP contribution in [0.1, 0.15) is 31.4 Å². The van der Waals surface area contributed by atoms with Gasteiger partial charge in [-0.1, -0.05) is 31.5 Å². The minimum atomic E-state index is 0.269. The highest BCUT2D eigenvalue weighted by Crippen LogP contribution is 2.28. The first-order chi connectivity index (χ1) is 7.44. The third kappa shape index (κ3) is 4.18. The van der Waals surface area contributed by atoms with Crippen LogP contribution < -0.4 is 5.73 Å². The third-order valence-corrected chi connectivity index (χ3v) is 4.10. The lowest BCUT2D eigenvalue weighted by Crippen LogP contribution is -2.24. The van der Waals surface area contributed by atoms with E-state index in [1.165, 1.54) is 22.4 Å². The van der Waals surface area contributed by atoms with Crippen LogP contribution in [0.4, 0.5) is 0 Å². The average Bonchev–Trinajstić information content (AvgIpc) is 2.21. The van der Waals surface area contributed by atoms with Gasteiger partial charge in [0.1, 0.15) is 0 Å². The second-order valence-electron chi connectivity index (χ2n) is 5.24. The zero-order valence-corrected chi connectivity index (χ0v) is 11.7. The summed E-state index contributed by atoms with van der Waals surface area (Å²) in [6, 6.07) is 6.66. The highest BCUT2D eigenvalue weighted by atomic mass is 32.2. The van der Waals surface area contributed by atoms with Gasteiger partial charge in [-0.15, -0.1) is 11.8 Å². The summed E-state index contributed by atoms with van der Waals surface area (Å²) in [5, 5.41) is 0. The summed E-state index contributed by atoms with van der Waals surface area (Å²) >= 11 is 1.94. The molecule has 0 unspecified atom stereocenters. The molecule has 0 aromatic heterocycles.